The molecule has 0 fully saturated rings. The fourth-order valence-corrected chi connectivity index (χ4v) is 3.32. The largest absolute Gasteiger partial charge is 0.489 e. The molecule has 1 aliphatic rings. The summed E-state index contributed by atoms with van der Waals surface area (Å²) in [7, 11) is 0. The van der Waals surface area contributed by atoms with E-state index in [2.05, 4.69) is 15.3 Å². The number of ether oxygens (including phenoxy) is 1. The molecule has 1 aromatic heterocycles. The lowest BCUT2D eigenvalue weighted by molar-refractivity contribution is -0.118. The van der Waals surface area contributed by atoms with E-state index in [4.69, 9.17) is 16.2 Å². The summed E-state index contributed by atoms with van der Waals surface area (Å²) >= 11 is 0. The van der Waals surface area contributed by atoms with Crippen LogP contribution in [0.5, 0.6) is 5.75 Å². The van der Waals surface area contributed by atoms with Crippen LogP contribution in [0, 0.1) is 5.82 Å². The molecule has 0 saturated heterocycles. The topological polar surface area (TPSA) is 136 Å². The van der Waals surface area contributed by atoms with Crippen molar-refractivity contribution in [3.8, 4) is 17.1 Å². The maximum absolute atomic E-state index is 13.5. The summed E-state index contributed by atoms with van der Waals surface area (Å²) in [6.45, 7) is 2.61. The van der Waals surface area contributed by atoms with E-state index in [0.29, 0.717) is 24.5 Å². The van der Waals surface area contributed by atoms with Gasteiger partial charge in [0.2, 0.25) is 5.91 Å². The van der Waals surface area contributed by atoms with Crippen molar-refractivity contribution < 1.29 is 18.7 Å². The van der Waals surface area contributed by atoms with Crippen LogP contribution in [0.25, 0.3) is 11.4 Å². The van der Waals surface area contributed by atoms with Gasteiger partial charge in [-0.2, -0.15) is 0 Å². The van der Waals surface area contributed by atoms with Gasteiger partial charge in [0.05, 0.1) is 12.2 Å². The summed E-state index contributed by atoms with van der Waals surface area (Å²) in [6.07, 6.45) is 0. The third-order valence-corrected chi connectivity index (χ3v) is 4.99. The van der Waals surface area contributed by atoms with Crippen molar-refractivity contribution in [1.82, 2.24) is 9.97 Å². The number of carbonyl (C=O) groups is 2. The third-order valence-electron chi connectivity index (χ3n) is 4.99. The molecule has 9 nitrogen and oxygen atoms in total. The van der Waals surface area contributed by atoms with Crippen LogP contribution in [-0.2, 0) is 4.79 Å². The van der Waals surface area contributed by atoms with Crippen LogP contribution >= 0.6 is 0 Å². The lowest BCUT2D eigenvalue weighted by Gasteiger charge is -2.31. The summed E-state index contributed by atoms with van der Waals surface area (Å²) in [4.78, 5) is 33.7. The smallest absolute Gasteiger partial charge is 0.267 e. The van der Waals surface area contributed by atoms with Crippen molar-refractivity contribution in [2.75, 3.05) is 23.4 Å². The van der Waals surface area contributed by atoms with Gasteiger partial charge < -0.3 is 26.4 Å². The summed E-state index contributed by atoms with van der Waals surface area (Å²) in [5, 5.41) is 2.84. The molecule has 0 unspecified atom stereocenters. The summed E-state index contributed by atoms with van der Waals surface area (Å²) in [5.41, 5.74) is 13.0. The minimum Gasteiger partial charge on any atom is -0.489 e. The highest BCUT2D eigenvalue weighted by Gasteiger charge is 2.20. The Labute approximate surface area is 183 Å². The second kappa shape index (κ2) is 8.50. The van der Waals surface area contributed by atoms with Crippen molar-refractivity contribution in [3.05, 3.63) is 60.0 Å². The number of nitrogens with two attached hydrogens (primary N) is 2. The monoisotopic (exact) mass is 436 g/mol. The maximum Gasteiger partial charge on any atom is 0.267 e. The van der Waals surface area contributed by atoms with Gasteiger partial charge in [0, 0.05) is 23.4 Å². The standard InChI is InChI=1S/C22H21FN6O3/c1-12(20(24)30)26-19-11-16(21(25)31)27-22(28-19)13-2-5-15(6-3-13)29-8-9-32-18-10-14(23)4-7-17(18)29/h2-7,10-12H,8-9H2,1H3,(H2,24,30)(H2,25,31)(H,26,27,28)/t12-/m0/s1. The Hall–Kier alpha value is -4.21. The molecule has 0 aliphatic carbocycles. The van der Waals surface area contributed by atoms with E-state index < -0.39 is 17.9 Å². The number of nitrogens with one attached hydrogen (secondary N) is 1. The zero-order chi connectivity index (χ0) is 22.8. The number of amides is 2. The van der Waals surface area contributed by atoms with Gasteiger partial charge in [0.25, 0.3) is 5.91 Å². The van der Waals surface area contributed by atoms with E-state index in [9.17, 15) is 14.0 Å². The Morgan fingerprint density at radius 2 is 1.88 bits per heavy atom. The van der Waals surface area contributed by atoms with Gasteiger partial charge in [-0.25, -0.2) is 14.4 Å². The molecule has 10 heteroatoms. The first kappa shape index (κ1) is 21.0. The predicted molar refractivity (Wildman–Crippen MR) is 117 cm³/mol. The number of aromatic nitrogens is 2. The highest BCUT2D eigenvalue weighted by molar-refractivity contribution is 5.92. The highest BCUT2D eigenvalue weighted by atomic mass is 19.1. The summed E-state index contributed by atoms with van der Waals surface area (Å²) in [5.74, 6) is -0.655. The summed E-state index contributed by atoms with van der Waals surface area (Å²) in [6, 6.07) is 12.4. The molecular weight excluding hydrogens is 415 g/mol. The average Bonchev–Trinajstić information content (AvgIpc) is 2.78. The number of hydrogen-bond acceptors (Lipinski definition) is 7. The molecule has 2 heterocycles. The highest BCUT2D eigenvalue weighted by Crippen LogP contribution is 2.37. The minimum atomic E-state index is -0.725. The Kier molecular flexibility index (Phi) is 5.59. The van der Waals surface area contributed by atoms with Gasteiger partial charge in [-0.15, -0.1) is 0 Å². The predicted octanol–water partition coefficient (Wildman–Crippen LogP) is 2.20. The van der Waals surface area contributed by atoms with Crippen LogP contribution in [0.1, 0.15) is 17.4 Å². The third kappa shape index (κ3) is 4.29. The molecule has 164 valence electrons. The molecule has 2 aromatic carbocycles. The van der Waals surface area contributed by atoms with Crippen LogP contribution in [0.3, 0.4) is 0 Å². The number of fused-ring (bicyclic) bond motifs is 1. The van der Waals surface area contributed by atoms with E-state index >= 15 is 0 Å². The average molecular weight is 436 g/mol. The molecule has 32 heavy (non-hydrogen) atoms. The fourth-order valence-electron chi connectivity index (χ4n) is 3.32. The van der Waals surface area contributed by atoms with Gasteiger partial charge in [-0.3, -0.25) is 9.59 Å². The van der Waals surface area contributed by atoms with Crippen molar-refractivity contribution in [1.29, 1.82) is 0 Å². The van der Waals surface area contributed by atoms with Gasteiger partial charge in [-0.1, -0.05) is 0 Å². The van der Waals surface area contributed by atoms with Crippen molar-refractivity contribution >= 4 is 29.0 Å². The van der Waals surface area contributed by atoms with Gasteiger partial charge in [0.1, 0.15) is 35.7 Å². The number of hydrogen-bond donors (Lipinski definition) is 3. The molecule has 0 bridgehead atoms. The lowest BCUT2D eigenvalue weighted by Crippen LogP contribution is -2.33. The van der Waals surface area contributed by atoms with E-state index in [1.165, 1.54) is 18.2 Å². The summed E-state index contributed by atoms with van der Waals surface area (Å²) < 4.78 is 19.1. The van der Waals surface area contributed by atoms with E-state index in [-0.39, 0.29) is 23.2 Å². The van der Waals surface area contributed by atoms with Gasteiger partial charge in [-0.05, 0) is 43.3 Å². The number of carbonyl (C=O) groups excluding carboxylic acids is 2. The Morgan fingerprint density at radius 1 is 1.12 bits per heavy atom. The maximum atomic E-state index is 13.5. The van der Waals surface area contributed by atoms with Crippen molar-refractivity contribution in [2.24, 2.45) is 11.5 Å². The number of rotatable bonds is 6. The minimum absolute atomic E-state index is 0.00220. The first-order valence-electron chi connectivity index (χ1n) is 9.87. The zero-order valence-corrected chi connectivity index (χ0v) is 17.2. The van der Waals surface area contributed by atoms with E-state index in [1.807, 2.05) is 17.0 Å². The van der Waals surface area contributed by atoms with Crippen LogP contribution in [0.15, 0.2) is 48.5 Å². The Balaban J connectivity index is 1.65. The number of halogens is 1. The molecule has 4 rings (SSSR count). The molecule has 1 atom stereocenters. The Morgan fingerprint density at radius 3 is 2.56 bits per heavy atom. The quantitative estimate of drug-likeness (QED) is 0.539. The molecule has 0 saturated carbocycles. The normalized spacial score (nSPS) is 13.6. The SMILES string of the molecule is C[C@H](Nc1cc(C(N)=O)nc(-c2ccc(N3CCOc4cc(F)ccc43)cc2)n1)C(N)=O. The van der Waals surface area contributed by atoms with E-state index in [0.717, 1.165) is 11.4 Å². The second-order valence-electron chi connectivity index (χ2n) is 7.25. The number of primary amides is 2. The van der Waals surface area contributed by atoms with E-state index in [1.54, 1.807) is 25.1 Å². The van der Waals surface area contributed by atoms with Gasteiger partial charge >= 0.3 is 0 Å². The van der Waals surface area contributed by atoms with Crippen molar-refractivity contribution in [2.45, 2.75) is 13.0 Å². The van der Waals surface area contributed by atoms with Crippen LogP contribution < -0.4 is 26.4 Å². The van der Waals surface area contributed by atoms with Crippen LogP contribution in [0.4, 0.5) is 21.6 Å². The second-order valence-corrected chi connectivity index (χ2v) is 7.25. The number of anilines is 3. The first-order chi connectivity index (χ1) is 15.3. The molecule has 0 spiro atoms. The van der Waals surface area contributed by atoms with Crippen LogP contribution in [0.2, 0.25) is 0 Å². The van der Waals surface area contributed by atoms with Crippen molar-refractivity contribution in [3.63, 3.8) is 0 Å². The number of benzene rings is 2. The fraction of sp³-hybridized carbons (Fsp3) is 0.182. The Bertz CT molecular complexity index is 1180. The zero-order valence-electron chi connectivity index (χ0n) is 17.2. The molecule has 0 radical (unpaired) electrons. The molecule has 1 aliphatic heterocycles. The lowest BCUT2D eigenvalue weighted by atomic mass is 10.1. The molecule has 3 aromatic rings. The molecule has 5 N–H and O–H groups in total. The number of nitrogens with zero attached hydrogens (tertiary/aromatic N) is 3. The first-order valence-corrected chi connectivity index (χ1v) is 9.87. The molecular formula is C22H21FN6O3. The van der Waals surface area contributed by atoms with Gasteiger partial charge in [0.15, 0.2) is 5.82 Å². The molecule has 2 amide bonds. The van der Waals surface area contributed by atoms with Crippen LogP contribution in [-0.4, -0.2) is 41.0 Å².